The van der Waals surface area contributed by atoms with Crippen molar-refractivity contribution < 1.29 is 9.47 Å². The maximum atomic E-state index is 5.71. The summed E-state index contributed by atoms with van der Waals surface area (Å²) in [6, 6.07) is 25.4. The Hall–Kier alpha value is -2.31. The van der Waals surface area contributed by atoms with E-state index in [-0.39, 0.29) is 0 Å². The van der Waals surface area contributed by atoms with Crippen molar-refractivity contribution in [1.82, 2.24) is 0 Å². The van der Waals surface area contributed by atoms with E-state index in [0.717, 1.165) is 17.1 Å². The van der Waals surface area contributed by atoms with Crippen molar-refractivity contribution >= 4 is 23.8 Å². The molecule has 0 amide bonds. The van der Waals surface area contributed by atoms with Gasteiger partial charge in [0.25, 0.3) is 0 Å². The van der Waals surface area contributed by atoms with Gasteiger partial charge in [0.1, 0.15) is 11.5 Å². The molecule has 0 heterocycles. The fraction of sp³-hybridized carbons (Fsp3) is 0.143. The number of ether oxygens (including phenoxy) is 2. The molecule has 3 heteroatoms. The lowest BCUT2D eigenvalue weighted by atomic mass is 10.2. The molecule has 0 fully saturated rings. The first-order valence-electron chi connectivity index (χ1n) is 7.87. The molecule has 0 saturated heterocycles. The van der Waals surface area contributed by atoms with E-state index in [1.54, 1.807) is 14.2 Å². The molecule has 0 bridgehead atoms. The predicted molar refractivity (Wildman–Crippen MR) is 103 cm³/mol. The third-order valence-corrected chi connectivity index (χ3v) is 6.43. The molecule has 0 radical (unpaired) electrons. The topological polar surface area (TPSA) is 18.5 Å². The molecule has 0 spiro atoms. The average Bonchev–Trinajstić information content (AvgIpc) is 2.64. The number of benzene rings is 3. The summed E-state index contributed by atoms with van der Waals surface area (Å²) in [5.74, 6) is 1.80. The Labute approximate surface area is 144 Å². The van der Waals surface area contributed by atoms with Crippen LogP contribution < -0.4 is 25.4 Å². The molecular weight excluding hydrogens is 315 g/mol. The smallest absolute Gasteiger partial charge is 0.127 e. The van der Waals surface area contributed by atoms with Gasteiger partial charge in [0, 0.05) is 5.30 Å². The molecule has 0 aliphatic carbocycles. The Balaban J connectivity index is 2.23. The van der Waals surface area contributed by atoms with Crippen LogP contribution in [0, 0.1) is 6.92 Å². The molecular formula is C21H21O2P. The van der Waals surface area contributed by atoms with Crippen LogP contribution in [0.4, 0.5) is 0 Å². The fourth-order valence-electron chi connectivity index (χ4n) is 2.79. The van der Waals surface area contributed by atoms with Crippen LogP contribution in [0.1, 0.15) is 5.56 Å². The summed E-state index contributed by atoms with van der Waals surface area (Å²) in [6.45, 7) is 2.04. The minimum absolute atomic E-state index is 0.712. The van der Waals surface area contributed by atoms with Gasteiger partial charge in [0.05, 0.1) is 14.2 Å². The zero-order valence-corrected chi connectivity index (χ0v) is 15.1. The first-order chi connectivity index (χ1) is 11.7. The zero-order valence-electron chi connectivity index (χ0n) is 14.2. The highest BCUT2D eigenvalue weighted by atomic mass is 31.1. The van der Waals surface area contributed by atoms with Gasteiger partial charge in [0.2, 0.25) is 0 Å². The molecule has 122 valence electrons. The molecule has 0 atom stereocenters. The molecule has 2 nitrogen and oxygen atoms in total. The van der Waals surface area contributed by atoms with E-state index in [1.807, 2.05) is 6.92 Å². The number of aryl methyl sites for hydroxylation is 1. The summed E-state index contributed by atoms with van der Waals surface area (Å²) in [4.78, 5) is 0. The molecule has 0 saturated carbocycles. The molecule has 3 rings (SSSR count). The van der Waals surface area contributed by atoms with Crippen molar-refractivity contribution in [1.29, 1.82) is 0 Å². The Morgan fingerprint density at radius 1 is 0.667 bits per heavy atom. The Bertz CT molecular complexity index is 761. The molecule has 0 N–H and O–H groups in total. The highest BCUT2D eigenvalue weighted by Gasteiger charge is 2.21. The second-order valence-electron chi connectivity index (χ2n) is 5.50. The number of hydrogen-bond acceptors (Lipinski definition) is 2. The van der Waals surface area contributed by atoms with Gasteiger partial charge in [-0.1, -0.05) is 60.7 Å². The van der Waals surface area contributed by atoms with Gasteiger partial charge in [-0.15, -0.1) is 0 Å². The van der Waals surface area contributed by atoms with Crippen molar-refractivity contribution in [2.24, 2.45) is 0 Å². The average molecular weight is 336 g/mol. The van der Waals surface area contributed by atoms with E-state index in [1.165, 1.54) is 15.9 Å². The lowest BCUT2D eigenvalue weighted by Gasteiger charge is -2.23. The summed E-state index contributed by atoms with van der Waals surface area (Å²) >= 11 is 0. The van der Waals surface area contributed by atoms with Crippen LogP contribution in [-0.4, -0.2) is 14.2 Å². The lowest BCUT2D eigenvalue weighted by Crippen LogP contribution is -2.22. The van der Waals surface area contributed by atoms with Gasteiger partial charge in [-0.2, -0.15) is 0 Å². The van der Waals surface area contributed by atoms with Gasteiger partial charge in [0.15, 0.2) is 0 Å². The van der Waals surface area contributed by atoms with E-state index in [4.69, 9.17) is 9.47 Å². The van der Waals surface area contributed by atoms with Gasteiger partial charge < -0.3 is 9.47 Å². The van der Waals surface area contributed by atoms with Crippen LogP contribution in [-0.2, 0) is 0 Å². The van der Waals surface area contributed by atoms with Gasteiger partial charge >= 0.3 is 0 Å². The zero-order chi connectivity index (χ0) is 16.9. The second-order valence-corrected chi connectivity index (χ2v) is 7.69. The normalized spacial score (nSPS) is 10.7. The Morgan fingerprint density at radius 3 is 1.62 bits per heavy atom. The van der Waals surface area contributed by atoms with Gasteiger partial charge in [-0.25, -0.2) is 0 Å². The number of rotatable bonds is 5. The summed E-state index contributed by atoms with van der Waals surface area (Å²) in [7, 11) is 2.73. The molecule has 0 aliphatic heterocycles. The van der Waals surface area contributed by atoms with E-state index < -0.39 is 7.92 Å². The molecule has 0 unspecified atom stereocenters. The van der Waals surface area contributed by atoms with Gasteiger partial charge in [-0.3, -0.25) is 0 Å². The van der Waals surface area contributed by atoms with Crippen LogP contribution in [0.2, 0.25) is 0 Å². The van der Waals surface area contributed by atoms with Crippen LogP contribution in [0.5, 0.6) is 11.5 Å². The van der Waals surface area contributed by atoms with E-state index in [9.17, 15) is 0 Å². The van der Waals surface area contributed by atoms with Crippen LogP contribution in [0.25, 0.3) is 0 Å². The first kappa shape index (κ1) is 16.5. The molecule has 3 aromatic carbocycles. The van der Waals surface area contributed by atoms with E-state index in [2.05, 4.69) is 72.8 Å². The maximum Gasteiger partial charge on any atom is 0.127 e. The standard InChI is InChI=1S/C21H21O2P/c1-16-14-20(23-3)21(15-19(16)22-2)24(17-10-6-4-7-11-17)18-12-8-5-9-13-18/h4-15H,1-3H3. The first-order valence-corrected chi connectivity index (χ1v) is 9.21. The highest BCUT2D eigenvalue weighted by molar-refractivity contribution is 7.80. The second kappa shape index (κ2) is 7.51. The molecule has 0 aliphatic rings. The summed E-state index contributed by atoms with van der Waals surface area (Å²) in [6.07, 6.45) is 0. The van der Waals surface area contributed by atoms with Crippen molar-refractivity contribution in [3.63, 3.8) is 0 Å². The minimum atomic E-state index is -0.712. The summed E-state index contributed by atoms with van der Waals surface area (Å²) in [5.41, 5.74) is 1.08. The maximum absolute atomic E-state index is 5.71. The molecule has 3 aromatic rings. The predicted octanol–water partition coefficient (Wildman–Crippen LogP) is 3.77. The number of hydrogen-bond donors (Lipinski definition) is 0. The van der Waals surface area contributed by atoms with Crippen LogP contribution in [0.3, 0.4) is 0 Å². The highest BCUT2D eigenvalue weighted by Crippen LogP contribution is 2.38. The SMILES string of the molecule is COc1cc(P(c2ccccc2)c2ccccc2)c(OC)cc1C. The Morgan fingerprint density at radius 2 is 1.17 bits per heavy atom. The summed E-state index contributed by atoms with van der Waals surface area (Å²) < 4.78 is 11.3. The third kappa shape index (κ3) is 3.29. The van der Waals surface area contributed by atoms with Crippen LogP contribution >= 0.6 is 7.92 Å². The van der Waals surface area contributed by atoms with Crippen molar-refractivity contribution in [3.8, 4) is 11.5 Å². The quantitative estimate of drug-likeness (QED) is 0.660. The van der Waals surface area contributed by atoms with E-state index in [0.29, 0.717) is 0 Å². The lowest BCUT2D eigenvalue weighted by molar-refractivity contribution is 0.403. The van der Waals surface area contributed by atoms with E-state index >= 15 is 0 Å². The fourth-order valence-corrected chi connectivity index (χ4v) is 5.21. The Kier molecular flexibility index (Phi) is 5.17. The summed E-state index contributed by atoms with van der Waals surface area (Å²) in [5, 5.41) is 3.76. The number of methoxy groups -OCH3 is 2. The third-order valence-electron chi connectivity index (χ3n) is 3.97. The van der Waals surface area contributed by atoms with Crippen molar-refractivity contribution in [2.75, 3.05) is 14.2 Å². The molecule has 24 heavy (non-hydrogen) atoms. The van der Waals surface area contributed by atoms with Gasteiger partial charge in [-0.05, 0) is 43.2 Å². The van der Waals surface area contributed by atoms with Crippen LogP contribution in [0.15, 0.2) is 72.8 Å². The van der Waals surface area contributed by atoms with Crippen molar-refractivity contribution in [3.05, 3.63) is 78.4 Å². The van der Waals surface area contributed by atoms with Crippen molar-refractivity contribution in [2.45, 2.75) is 6.92 Å². The largest absolute Gasteiger partial charge is 0.496 e. The molecule has 0 aromatic heterocycles. The minimum Gasteiger partial charge on any atom is -0.496 e. The monoisotopic (exact) mass is 336 g/mol.